The number of ether oxygens (including phenoxy) is 1. The summed E-state index contributed by atoms with van der Waals surface area (Å²) >= 11 is 0. The van der Waals surface area contributed by atoms with Crippen LogP contribution in [0, 0.1) is 10.1 Å². The molecule has 7 heteroatoms. The molecule has 0 aliphatic rings. The Morgan fingerprint density at radius 1 is 1.09 bits per heavy atom. The average molecular weight is 314 g/mol. The molecular formula is C16H14N2O5. The Bertz CT molecular complexity index is 730. The van der Waals surface area contributed by atoms with Gasteiger partial charge in [-0.2, -0.15) is 0 Å². The lowest BCUT2D eigenvalue weighted by molar-refractivity contribution is -0.383. The highest BCUT2D eigenvalue weighted by molar-refractivity contribution is 5.98. The Balaban J connectivity index is 2.04. The molecular weight excluding hydrogens is 300 g/mol. The highest BCUT2D eigenvalue weighted by Crippen LogP contribution is 2.23. The van der Waals surface area contributed by atoms with E-state index in [0.717, 1.165) is 0 Å². The molecule has 2 aromatic carbocycles. The number of carbonyl (C=O) groups excluding carboxylic acids is 2. The van der Waals surface area contributed by atoms with E-state index in [0.29, 0.717) is 5.56 Å². The number of anilines is 1. The van der Waals surface area contributed by atoms with Crippen molar-refractivity contribution >= 4 is 23.3 Å². The van der Waals surface area contributed by atoms with E-state index in [-0.39, 0.29) is 11.4 Å². The summed E-state index contributed by atoms with van der Waals surface area (Å²) in [5.41, 5.74) is 0.130. The minimum Gasteiger partial charge on any atom is -0.449 e. The molecule has 118 valence electrons. The number of carbonyl (C=O) groups is 2. The average Bonchev–Trinajstić information content (AvgIpc) is 2.55. The van der Waals surface area contributed by atoms with Gasteiger partial charge in [-0.05, 0) is 25.1 Å². The fourth-order valence-electron chi connectivity index (χ4n) is 1.83. The van der Waals surface area contributed by atoms with Gasteiger partial charge < -0.3 is 10.1 Å². The molecule has 0 unspecified atom stereocenters. The van der Waals surface area contributed by atoms with Crippen LogP contribution in [0.25, 0.3) is 0 Å². The molecule has 0 aromatic heterocycles. The minimum atomic E-state index is -1.09. The van der Waals surface area contributed by atoms with Crippen LogP contribution in [0.3, 0.4) is 0 Å². The van der Waals surface area contributed by atoms with Gasteiger partial charge in [-0.25, -0.2) is 4.79 Å². The number of benzene rings is 2. The van der Waals surface area contributed by atoms with Crippen LogP contribution in [0.15, 0.2) is 54.6 Å². The first kappa shape index (κ1) is 16.2. The lowest BCUT2D eigenvalue weighted by Crippen LogP contribution is -2.30. The van der Waals surface area contributed by atoms with Crippen molar-refractivity contribution in [3.05, 3.63) is 70.3 Å². The quantitative estimate of drug-likeness (QED) is 0.520. The molecule has 0 spiro atoms. The second-order valence-corrected chi connectivity index (χ2v) is 4.68. The number of nitro benzene ring substituents is 1. The first-order valence-corrected chi connectivity index (χ1v) is 6.79. The molecule has 1 atom stereocenters. The van der Waals surface area contributed by atoms with Crippen LogP contribution in [0.4, 0.5) is 11.4 Å². The molecule has 23 heavy (non-hydrogen) atoms. The standard InChI is InChI=1S/C16H14N2O5/c1-11(23-16(20)12-7-3-2-4-8-12)15(19)17-13-9-5-6-10-14(13)18(21)22/h2-11H,1H3,(H,17,19)/t11-/m0/s1. The van der Waals surface area contributed by atoms with Crippen LogP contribution in [0.1, 0.15) is 17.3 Å². The van der Waals surface area contributed by atoms with Gasteiger partial charge in [0, 0.05) is 6.07 Å². The first-order chi connectivity index (χ1) is 11.0. The summed E-state index contributed by atoms with van der Waals surface area (Å²) in [6, 6.07) is 14.0. The molecule has 0 bridgehead atoms. The zero-order valence-electron chi connectivity index (χ0n) is 12.3. The van der Waals surface area contributed by atoms with Crippen molar-refractivity contribution in [2.45, 2.75) is 13.0 Å². The number of nitrogens with zero attached hydrogens (tertiary/aromatic N) is 1. The van der Waals surface area contributed by atoms with Crippen molar-refractivity contribution < 1.29 is 19.2 Å². The molecule has 0 saturated carbocycles. The molecule has 0 fully saturated rings. The van der Waals surface area contributed by atoms with Gasteiger partial charge in [-0.3, -0.25) is 14.9 Å². The smallest absolute Gasteiger partial charge is 0.338 e. The van der Waals surface area contributed by atoms with E-state index < -0.39 is 22.9 Å². The van der Waals surface area contributed by atoms with Crippen molar-refractivity contribution in [1.29, 1.82) is 0 Å². The van der Waals surface area contributed by atoms with Crippen molar-refractivity contribution in [1.82, 2.24) is 0 Å². The fourth-order valence-corrected chi connectivity index (χ4v) is 1.83. The second kappa shape index (κ2) is 7.17. The predicted molar refractivity (Wildman–Crippen MR) is 83.0 cm³/mol. The molecule has 0 heterocycles. The zero-order chi connectivity index (χ0) is 16.8. The summed E-state index contributed by atoms with van der Waals surface area (Å²) in [7, 11) is 0. The Hall–Kier alpha value is -3.22. The lowest BCUT2D eigenvalue weighted by atomic mass is 10.2. The Morgan fingerprint density at radius 3 is 2.35 bits per heavy atom. The maximum atomic E-state index is 12.0. The van der Waals surface area contributed by atoms with E-state index >= 15 is 0 Å². The molecule has 1 amide bonds. The highest BCUT2D eigenvalue weighted by Gasteiger charge is 2.22. The highest BCUT2D eigenvalue weighted by atomic mass is 16.6. The van der Waals surface area contributed by atoms with Gasteiger partial charge in [0.05, 0.1) is 10.5 Å². The maximum absolute atomic E-state index is 12.0. The molecule has 2 aromatic rings. The summed E-state index contributed by atoms with van der Waals surface area (Å²) in [4.78, 5) is 34.2. The largest absolute Gasteiger partial charge is 0.449 e. The summed E-state index contributed by atoms with van der Waals surface area (Å²) < 4.78 is 5.05. The van der Waals surface area contributed by atoms with Crippen LogP contribution in [-0.4, -0.2) is 22.9 Å². The van der Waals surface area contributed by atoms with Gasteiger partial charge in [-0.1, -0.05) is 30.3 Å². The number of nitrogens with one attached hydrogen (secondary N) is 1. The Labute approximate surface area is 132 Å². The van der Waals surface area contributed by atoms with Crippen LogP contribution >= 0.6 is 0 Å². The van der Waals surface area contributed by atoms with Crippen LogP contribution < -0.4 is 5.32 Å². The van der Waals surface area contributed by atoms with E-state index in [9.17, 15) is 19.7 Å². The van der Waals surface area contributed by atoms with Gasteiger partial charge in [0.1, 0.15) is 5.69 Å². The number of amides is 1. The number of para-hydroxylation sites is 2. The van der Waals surface area contributed by atoms with Gasteiger partial charge in [-0.15, -0.1) is 0 Å². The van der Waals surface area contributed by atoms with Crippen molar-refractivity contribution in [2.24, 2.45) is 0 Å². The number of hydrogen-bond donors (Lipinski definition) is 1. The van der Waals surface area contributed by atoms with Crippen LogP contribution in [-0.2, 0) is 9.53 Å². The number of hydrogen-bond acceptors (Lipinski definition) is 5. The van der Waals surface area contributed by atoms with Crippen molar-refractivity contribution in [3.8, 4) is 0 Å². The van der Waals surface area contributed by atoms with Crippen LogP contribution in [0.5, 0.6) is 0 Å². The normalized spacial score (nSPS) is 11.3. The Kier molecular flexibility index (Phi) is 5.03. The maximum Gasteiger partial charge on any atom is 0.338 e. The topological polar surface area (TPSA) is 98.5 Å². The SMILES string of the molecule is C[C@H](OC(=O)c1ccccc1)C(=O)Nc1ccccc1[N+](=O)[O-]. The second-order valence-electron chi connectivity index (χ2n) is 4.68. The third kappa shape index (κ3) is 4.13. The predicted octanol–water partition coefficient (Wildman–Crippen LogP) is 2.78. The molecule has 0 aliphatic carbocycles. The van der Waals surface area contributed by atoms with E-state index in [2.05, 4.69) is 5.32 Å². The van der Waals surface area contributed by atoms with Crippen molar-refractivity contribution in [3.63, 3.8) is 0 Å². The monoisotopic (exact) mass is 314 g/mol. The minimum absolute atomic E-state index is 0.0464. The lowest BCUT2D eigenvalue weighted by Gasteiger charge is -2.13. The zero-order valence-corrected chi connectivity index (χ0v) is 12.3. The third-order valence-corrected chi connectivity index (χ3v) is 3.02. The number of rotatable bonds is 5. The molecule has 1 N–H and O–H groups in total. The molecule has 0 aliphatic heterocycles. The van der Waals surface area contributed by atoms with E-state index in [1.54, 1.807) is 36.4 Å². The summed E-state index contributed by atoms with van der Waals surface area (Å²) in [5, 5.41) is 13.3. The van der Waals surface area contributed by atoms with E-state index in [1.807, 2.05) is 0 Å². The summed E-state index contributed by atoms with van der Waals surface area (Å²) in [6.45, 7) is 1.39. The molecule has 2 rings (SSSR count). The molecule has 7 nitrogen and oxygen atoms in total. The van der Waals surface area contributed by atoms with Gasteiger partial charge in [0.25, 0.3) is 11.6 Å². The fraction of sp³-hybridized carbons (Fsp3) is 0.125. The first-order valence-electron chi connectivity index (χ1n) is 6.79. The molecule has 0 saturated heterocycles. The molecule has 0 radical (unpaired) electrons. The van der Waals surface area contributed by atoms with E-state index in [4.69, 9.17) is 4.74 Å². The third-order valence-electron chi connectivity index (χ3n) is 3.02. The van der Waals surface area contributed by atoms with Crippen molar-refractivity contribution in [2.75, 3.05) is 5.32 Å². The number of nitro groups is 1. The van der Waals surface area contributed by atoms with Crippen LogP contribution in [0.2, 0.25) is 0 Å². The van der Waals surface area contributed by atoms with E-state index in [1.165, 1.54) is 25.1 Å². The van der Waals surface area contributed by atoms with Gasteiger partial charge in [0.2, 0.25) is 0 Å². The summed E-state index contributed by atoms with van der Waals surface area (Å²) in [6.07, 6.45) is -1.09. The van der Waals surface area contributed by atoms with Gasteiger partial charge >= 0.3 is 5.97 Å². The number of esters is 1. The summed E-state index contributed by atoms with van der Waals surface area (Å²) in [5.74, 6) is -1.29. The van der Waals surface area contributed by atoms with Gasteiger partial charge in [0.15, 0.2) is 6.10 Å². The Morgan fingerprint density at radius 2 is 1.70 bits per heavy atom.